The van der Waals surface area contributed by atoms with Gasteiger partial charge in [-0.3, -0.25) is 4.79 Å². The third-order valence-electron chi connectivity index (χ3n) is 6.61. The van der Waals surface area contributed by atoms with E-state index in [0.29, 0.717) is 11.2 Å². The third kappa shape index (κ3) is 5.79. The van der Waals surface area contributed by atoms with Crippen molar-refractivity contribution in [2.75, 3.05) is 38.4 Å². The normalized spacial score (nSPS) is 16.8. The molecule has 0 radical (unpaired) electrons. The minimum Gasteiger partial charge on any atom is -0.467 e. The minimum absolute atomic E-state index is 0.0131. The van der Waals surface area contributed by atoms with Crippen molar-refractivity contribution in [3.63, 3.8) is 0 Å². The van der Waals surface area contributed by atoms with E-state index in [1.165, 1.54) is 30.5 Å². The summed E-state index contributed by atoms with van der Waals surface area (Å²) in [5.41, 5.74) is 4.47. The van der Waals surface area contributed by atoms with Crippen LogP contribution >= 0.6 is 0 Å². The van der Waals surface area contributed by atoms with Gasteiger partial charge in [-0.15, -0.1) is 0 Å². The number of carbonyl (C=O) groups is 2. The molecule has 2 unspecified atom stereocenters. The molecule has 15 heteroatoms. The molecular formula is C25H27F3N6O5S. The number of amides is 1. The summed E-state index contributed by atoms with van der Waals surface area (Å²) in [5, 5.41) is 0.458. The first kappa shape index (κ1) is 29.0. The van der Waals surface area contributed by atoms with Crippen LogP contribution in [-0.4, -0.2) is 75.0 Å². The van der Waals surface area contributed by atoms with Crippen LogP contribution in [-0.2, 0) is 36.9 Å². The summed E-state index contributed by atoms with van der Waals surface area (Å²) in [5.74, 6) is -1.27. The molecule has 3 N–H and O–H groups in total. The molecule has 1 fully saturated rings. The van der Waals surface area contributed by atoms with E-state index in [0.717, 1.165) is 24.3 Å². The van der Waals surface area contributed by atoms with Crippen LogP contribution in [0.15, 0.2) is 47.6 Å². The van der Waals surface area contributed by atoms with Crippen LogP contribution in [0.2, 0.25) is 0 Å². The number of nitrogen functional groups attached to an aromatic ring is 1. The van der Waals surface area contributed by atoms with E-state index in [4.69, 9.17) is 10.5 Å². The first-order valence-electron chi connectivity index (χ1n) is 12.0. The Labute approximate surface area is 228 Å². The number of nitrogens with zero attached hydrogens (tertiary/aromatic N) is 4. The van der Waals surface area contributed by atoms with Gasteiger partial charge in [-0.2, -0.15) is 17.9 Å². The van der Waals surface area contributed by atoms with E-state index in [1.807, 2.05) is 0 Å². The molecule has 3 heterocycles. The molecule has 40 heavy (non-hydrogen) atoms. The molecule has 1 saturated heterocycles. The SMILES string of the molecule is COC(=O)C(Cc1cc2ccnc(N)c2cc1C(F)(F)F)N1CCC(NS(=O)(=O)c2ccc(N(C)C)nc2)C1=O. The minimum atomic E-state index is -4.80. The number of carbonyl (C=O) groups excluding carboxylic acids is 2. The lowest BCUT2D eigenvalue weighted by atomic mass is 9.95. The predicted octanol–water partition coefficient (Wildman–Crippen LogP) is 1.96. The van der Waals surface area contributed by atoms with Crippen LogP contribution in [0.1, 0.15) is 17.5 Å². The number of sulfonamides is 1. The zero-order chi connectivity index (χ0) is 29.4. The Hall–Kier alpha value is -3.98. The molecule has 214 valence electrons. The zero-order valence-electron chi connectivity index (χ0n) is 21.8. The fourth-order valence-corrected chi connectivity index (χ4v) is 5.73. The van der Waals surface area contributed by atoms with Gasteiger partial charge in [0.15, 0.2) is 0 Å². The van der Waals surface area contributed by atoms with Crippen molar-refractivity contribution < 1.29 is 35.9 Å². The number of benzene rings is 1. The Kier molecular flexibility index (Phi) is 7.90. The number of aromatic nitrogens is 2. The lowest BCUT2D eigenvalue weighted by Gasteiger charge is -2.27. The van der Waals surface area contributed by atoms with Gasteiger partial charge in [0.2, 0.25) is 15.9 Å². The highest BCUT2D eigenvalue weighted by Gasteiger charge is 2.43. The van der Waals surface area contributed by atoms with Crippen LogP contribution in [0, 0.1) is 0 Å². The summed E-state index contributed by atoms with van der Waals surface area (Å²) in [7, 11) is 0.358. The second-order valence-corrected chi connectivity index (χ2v) is 11.1. The Morgan fingerprint density at radius 1 is 1.25 bits per heavy atom. The molecule has 2 aromatic heterocycles. The summed E-state index contributed by atoms with van der Waals surface area (Å²) >= 11 is 0. The van der Waals surface area contributed by atoms with Gasteiger partial charge in [0.25, 0.3) is 0 Å². The van der Waals surface area contributed by atoms with Gasteiger partial charge in [0.05, 0.1) is 12.7 Å². The number of likely N-dealkylation sites (tertiary alicyclic amines) is 1. The summed E-state index contributed by atoms with van der Waals surface area (Å²) in [6.45, 7) is -0.0879. The van der Waals surface area contributed by atoms with Gasteiger partial charge in [0, 0.05) is 44.8 Å². The average molecular weight is 581 g/mol. The van der Waals surface area contributed by atoms with Crippen LogP contribution in [0.3, 0.4) is 0 Å². The smallest absolute Gasteiger partial charge is 0.416 e. The number of esters is 1. The molecule has 0 aliphatic carbocycles. The van der Waals surface area contributed by atoms with Crippen molar-refractivity contribution in [3.8, 4) is 0 Å². The van der Waals surface area contributed by atoms with Crippen molar-refractivity contribution in [1.29, 1.82) is 0 Å². The van der Waals surface area contributed by atoms with Gasteiger partial charge in [-0.05, 0) is 41.6 Å². The number of nitrogens with two attached hydrogens (primary N) is 1. The fourth-order valence-electron chi connectivity index (χ4n) is 4.56. The number of alkyl halides is 3. The van der Waals surface area contributed by atoms with Crippen LogP contribution in [0.5, 0.6) is 0 Å². The number of hydrogen-bond acceptors (Lipinski definition) is 9. The Morgan fingerprint density at radius 3 is 2.58 bits per heavy atom. The third-order valence-corrected chi connectivity index (χ3v) is 8.07. The van der Waals surface area contributed by atoms with E-state index in [1.54, 1.807) is 19.0 Å². The van der Waals surface area contributed by atoms with Crippen molar-refractivity contribution in [3.05, 3.63) is 53.9 Å². The molecule has 0 spiro atoms. The molecule has 1 aliphatic heterocycles. The fraction of sp³-hybridized carbons (Fsp3) is 0.360. The number of halogens is 3. The second kappa shape index (κ2) is 10.9. The van der Waals surface area contributed by atoms with Gasteiger partial charge in [0.1, 0.15) is 28.6 Å². The number of ether oxygens (including phenoxy) is 1. The number of rotatable bonds is 8. The monoisotopic (exact) mass is 580 g/mol. The maximum absolute atomic E-state index is 14.0. The average Bonchev–Trinajstić information content (AvgIpc) is 3.24. The van der Waals surface area contributed by atoms with E-state index >= 15 is 0 Å². The molecule has 11 nitrogen and oxygen atoms in total. The van der Waals surface area contributed by atoms with Gasteiger partial charge < -0.3 is 20.3 Å². The lowest BCUT2D eigenvalue weighted by molar-refractivity contribution is -0.151. The second-order valence-electron chi connectivity index (χ2n) is 9.41. The van der Waals surface area contributed by atoms with E-state index in [-0.39, 0.29) is 34.6 Å². The Morgan fingerprint density at radius 2 is 1.98 bits per heavy atom. The van der Waals surface area contributed by atoms with Crippen LogP contribution in [0.4, 0.5) is 24.8 Å². The van der Waals surface area contributed by atoms with E-state index < -0.39 is 52.1 Å². The molecule has 0 bridgehead atoms. The lowest BCUT2D eigenvalue weighted by Crippen LogP contribution is -2.48. The van der Waals surface area contributed by atoms with E-state index in [9.17, 15) is 31.2 Å². The van der Waals surface area contributed by atoms with E-state index in [2.05, 4.69) is 14.7 Å². The standard InChI is InChI=1S/C25H27F3N6O5S/c1-33(2)21-5-4-16(13-31-21)40(37,38)32-19-7-9-34(23(19)35)20(24(36)39-3)11-15-10-14-6-8-30-22(29)17(14)12-18(15)25(26,27)28/h4-6,8,10,12-13,19-20,32H,7,9,11H2,1-3H3,(H2,29,30). The van der Waals surface area contributed by atoms with Crippen molar-refractivity contribution >= 4 is 44.3 Å². The number of hydrogen-bond donors (Lipinski definition) is 2. The van der Waals surface area contributed by atoms with Gasteiger partial charge in [-0.25, -0.2) is 23.2 Å². The number of nitrogens with one attached hydrogen (secondary N) is 1. The first-order valence-corrected chi connectivity index (χ1v) is 13.5. The van der Waals surface area contributed by atoms with Crippen molar-refractivity contribution in [1.82, 2.24) is 19.6 Å². The summed E-state index contributed by atoms with van der Waals surface area (Å²) in [6, 6.07) is 3.74. The maximum Gasteiger partial charge on any atom is 0.416 e. The first-order chi connectivity index (χ1) is 18.7. The van der Waals surface area contributed by atoms with Crippen LogP contribution in [0.25, 0.3) is 10.8 Å². The molecular weight excluding hydrogens is 553 g/mol. The van der Waals surface area contributed by atoms with Crippen molar-refractivity contribution in [2.45, 2.75) is 36.0 Å². The summed E-state index contributed by atoms with van der Waals surface area (Å²) in [6.07, 6.45) is -2.85. The molecule has 3 aromatic rings. The number of methoxy groups -OCH3 is 1. The van der Waals surface area contributed by atoms with Gasteiger partial charge >= 0.3 is 12.1 Å². The predicted molar refractivity (Wildman–Crippen MR) is 140 cm³/mol. The number of anilines is 2. The molecule has 1 aliphatic rings. The van der Waals surface area contributed by atoms with Gasteiger partial charge in [-0.1, -0.05) is 6.07 Å². The molecule has 2 atom stereocenters. The highest BCUT2D eigenvalue weighted by atomic mass is 32.2. The molecule has 1 amide bonds. The Bertz CT molecular complexity index is 1550. The highest BCUT2D eigenvalue weighted by Crippen LogP contribution is 2.37. The Balaban J connectivity index is 1.62. The largest absolute Gasteiger partial charge is 0.467 e. The molecule has 4 rings (SSSR count). The molecule has 1 aromatic carbocycles. The topological polar surface area (TPSA) is 148 Å². The van der Waals surface area contributed by atoms with Crippen molar-refractivity contribution in [2.24, 2.45) is 0 Å². The number of pyridine rings is 2. The zero-order valence-corrected chi connectivity index (χ0v) is 22.6. The maximum atomic E-state index is 14.0. The summed E-state index contributed by atoms with van der Waals surface area (Å²) in [4.78, 5) is 36.5. The van der Waals surface area contributed by atoms with Crippen LogP contribution < -0.4 is 15.4 Å². The number of fused-ring (bicyclic) bond motifs is 1. The highest BCUT2D eigenvalue weighted by molar-refractivity contribution is 7.89. The quantitative estimate of drug-likeness (QED) is 0.382. The molecule has 0 saturated carbocycles. The summed E-state index contributed by atoms with van der Waals surface area (Å²) < 4.78 is 75.1.